The summed E-state index contributed by atoms with van der Waals surface area (Å²) in [5.41, 5.74) is 4.03. The number of aromatic nitrogens is 1. The third-order valence-electron chi connectivity index (χ3n) is 7.28. The number of anilines is 1. The summed E-state index contributed by atoms with van der Waals surface area (Å²) in [5, 5.41) is 5.00. The highest BCUT2D eigenvalue weighted by Crippen LogP contribution is 2.33. The first-order valence-electron chi connectivity index (χ1n) is 14.2. The van der Waals surface area contributed by atoms with E-state index in [9.17, 15) is 9.59 Å². The summed E-state index contributed by atoms with van der Waals surface area (Å²) >= 11 is 0. The minimum atomic E-state index is -0.492. The second-order valence-electron chi connectivity index (χ2n) is 11.6. The molecule has 8 heteroatoms. The number of hydrogen-bond donors (Lipinski definition) is 1. The van der Waals surface area contributed by atoms with Crippen molar-refractivity contribution in [3.63, 3.8) is 0 Å². The number of nitrogens with zero attached hydrogens (tertiary/aromatic N) is 3. The molecule has 1 aliphatic heterocycles. The highest BCUT2D eigenvalue weighted by atomic mass is 16.6. The van der Waals surface area contributed by atoms with Crippen molar-refractivity contribution in [1.29, 1.82) is 0 Å². The van der Waals surface area contributed by atoms with Gasteiger partial charge in [-0.05, 0) is 68.8 Å². The van der Waals surface area contributed by atoms with Crippen LogP contribution in [0, 0.1) is 0 Å². The van der Waals surface area contributed by atoms with E-state index in [-0.39, 0.29) is 12.0 Å². The minimum absolute atomic E-state index is 0.250. The molecule has 0 saturated carbocycles. The van der Waals surface area contributed by atoms with Crippen molar-refractivity contribution in [2.45, 2.75) is 32.9 Å². The topological polar surface area (TPSA) is 87.9 Å². The number of amides is 2. The van der Waals surface area contributed by atoms with E-state index in [1.54, 1.807) is 11.0 Å². The van der Waals surface area contributed by atoms with Gasteiger partial charge in [0.15, 0.2) is 0 Å². The number of piperazine rings is 1. The summed E-state index contributed by atoms with van der Waals surface area (Å²) < 4.78 is 11.7. The molecule has 3 heterocycles. The summed E-state index contributed by atoms with van der Waals surface area (Å²) in [5.74, 6) is 0.397. The molecule has 0 atom stereocenters. The molecule has 6 rings (SSSR count). The van der Waals surface area contributed by atoms with E-state index in [4.69, 9.17) is 9.15 Å². The summed E-state index contributed by atoms with van der Waals surface area (Å²) in [7, 11) is 0. The highest BCUT2D eigenvalue weighted by Gasteiger charge is 2.26. The van der Waals surface area contributed by atoms with Gasteiger partial charge in [-0.2, -0.15) is 0 Å². The number of carbonyl (C=O) groups is 2. The van der Waals surface area contributed by atoms with Crippen molar-refractivity contribution in [1.82, 2.24) is 14.8 Å². The minimum Gasteiger partial charge on any atom is -0.456 e. The van der Waals surface area contributed by atoms with Crippen LogP contribution in [0.5, 0.6) is 0 Å². The standard InChI is InChI=1S/C34H34N4O4/c1-34(2,3)42-33(40)38-18-16-37(17-19-38)22-23-12-15-30-25(20-23)21-31(41-30)26-9-5-7-11-28(26)36-32(39)29-14-13-24-8-4-6-10-27(24)35-29/h4-15,20-21H,16-19,22H2,1-3H3,(H,36,39). The smallest absolute Gasteiger partial charge is 0.410 e. The van der Waals surface area contributed by atoms with Gasteiger partial charge in [0, 0.05) is 49.1 Å². The number of ether oxygens (including phenoxy) is 1. The molecule has 5 aromatic rings. The van der Waals surface area contributed by atoms with Gasteiger partial charge in [0.2, 0.25) is 0 Å². The molecule has 3 aromatic carbocycles. The molecular formula is C34H34N4O4. The van der Waals surface area contributed by atoms with Crippen LogP contribution >= 0.6 is 0 Å². The molecule has 1 aliphatic rings. The van der Waals surface area contributed by atoms with Crippen LogP contribution in [0.15, 0.2) is 89.3 Å². The van der Waals surface area contributed by atoms with Gasteiger partial charge in [-0.15, -0.1) is 0 Å². The average molecular weight is 563 g/mol. The van der Waals surface area contributed by atoms with Crippen molar-refractivity contribution in [2.75, 3.05) is 31.5 Å². The van der Waals surface area contributed by atoms with Gasteiger partial charge in [0.05, 0.1) is 11.2 Å². The number of furan rings is 1. The molecule has 0 bridgehead atoms. The lowest BCUT2D eigenvalue weighted by atomic mass is 10.1. The van der Waals surface area contributed by atoms with Gasteiger partial charge in [-0.3, -0.25) is 9.69 Å². The largest absolute Gasteiger partial charge is 0.456 e. The Morgan fingerprint density at radius 3 is 2.45 bits per heavy atom. The third kappa shape index (κ3) is 6.14. The zero-order chi connectivity index (χ0) is 29.3. The zero-order valence-corrected chi connectivity index (χ0v) is 24.1. The quantitative estimate of drug-likeness (QED) is 0.249. The van der Waals surface area contributed by atoms with E-state index < -0.39 is 5.60 Å². The number of carbonyl (C=O) groups excluding carboxylic acids is 2. The normalized spacial score (nSPS) is 14.3. The molecule has 0 aliphatic carbocycles. The van der Waals surface area contributed by atoms with E-state index >= 15 is 0 Å². The first kappa shape index (κ1) is 27.5. The predicted octanol–water partition coefficient (Wildman–Crippen LogP) is 6.95. The van der Waals surface area contributed by atoms with Crippen LogP contribution in [0.1, 0.15) is 36.8 Å². The number of hydrogen-bond acceptors (Lipinski definition) is 6. The number of nitrogens with one attached hydrogen (secondary N) is 1. The molecule has 2 aromatic heterocycles. The van der Waals surface area contributed by atoms with Crippen molar-refractivity contribution < 1.29 is 18.7 Å². The van der Waals surface area contributed by atoms with Gasteiger partial charge in [0.1, 0.15) is 22.6 Å². The van der Waals surface area contributed by atoms with Crippen molar-refractivity contribution in [3.8, 4) is 11.3 Å². The molecule has 0 radical (unpaired) electrons. The third-order valence-corrected chi connectivity index (χ3v) is 7.28. The van der Waals surface area contributed by atoms with Crippen LogP contribution in [0.25, 0.3) is 33.2 Å². The van der Waals surface area contributed by atoms with Crippen molar-refractivity contribution >= 4 is 39.6 Å². The van der Waals surface area contributed by atoms with Gasteiger partial charge in [-0.25, -0.2) is 9.78 Å². The first-order valence-corrected chi connectivity index (χ1v) is 14.2. The average Bonchev–Trinajstić information content (AvgIpc) is 3.40. The van der Waals surface area contributed by atoms with Crippen LogP contribution in [0.3, 0.4) is 0 Å². The number of rotatable bonds is 5. The molecule has 1 saturated heterocycles. The number of pyridine rings is 1. The van der Waals surface area contributed by atoms with Crippen molar-refractivity contribution in [2.24, 2.45) is 0 Å². The summed E-state index contributed by atoms with van der Waals surface area (Å²) in [6.07, 6.45) is -0.250. The Morgan fingerprint density at radius 1 is 0.881 bits per heavy atom. The SMILES string of the molecule is CC(C)(C)OC(=O)N1CCN(Cc2ccc3oc(-c4ccccc4NC(=O)c4ccc5ccccc5n4)cc3c2)CC1. The molecule has 0 spiro atoms. The highest BCUT2D eigenvalue weighted by molar-refractivity contribution is 6.06. The first-order chi connectivity index (χ1) is 20.2. The lowest BCUT2D eigenvalue weighted by Gasteiger charge is -2.35. The second-order valence-corrected chi connectivity index (χ2v) is 11.6. The fourth-order valence-electron chi connectivity index (χ4n) is 5.18. The molecule has 214 valence electrons. The Labute approximate surface area is 244 Å². The van der Waals surface area contributed by atoms with Crippen LogP contribution in [-0.4, -0.2) is 58.6 Å². The molecule has 8 nitrogen and oxygen atoms in total. The van der Waals surface area contributed by atoms with Crippen LogP contribution in [0.2, 0.25) is 0 Å². The molecule has 0 unspecified atom stereocenters. The van der Waals surface area contributed by atoms with Gasteiger partial charge in [-0.1, -0.05) is 42.5 Å². The van der Waals surface area contributed by atoms with E-state index in [1.807, 2.05) is 87.5 Å². The maximum absolute atomic E-state index is 13.1. The van der Waals surface area contributed by atoms with E-state index in [2.05, 4.69) is 27.3 Å². The van der Waals surface area contributed by atoms with Crippen LogP contribution in [0.4, 0.5) is 10.5 Å². The zero-order valence-electron chi connectivity index (χ0n) is 24.1. The van der Waals surface area contributed by atoms with Gasteiger partial charge < -0.3 is 19.4 Å². The summed E-state index contributed by atoms with van der Waals surface area (Å²) in [4.78, 5) is 34.2. The molecule has 1 N–H and O–H groups in total. The number of fused-ring (bicyclic) bond motifs is 2. The predicted molar refractivity (Wildman–Crippen MR) is 164 cm³/mol. The lowest BCUT2D eigenvalue weighted by molar-refractivity contribution is 0.0139. The monoisotopic (exact) mass is 562 g/mol. The van der Waals surface area contributed by atoms with Crippen molar-refractivity contribution in [3.05, 3.63) is 96.2 Å². The Kier molecular flexibility index (Phi) is 7.39. The van der Waals surface area contributed by atoms with Gasteiger partial charge in [0.25, 0.3) is 5.91 Å². The number of benzene rings is 3. The van der Waals surface area contributed by atoms with Crippen LogP contribution in [-0.2, 0) is 11.3 Å². The number of para-hydroxylation sites is 2. The van der Waals surface area contributed by atoms with E-state index in [0.29, 0.717) is 30.2 Å². The Bertz CT molecular complexity index is 1760. The summed E-state index contributed by atoms with van der Waals surface area (Å²) in [6.45, 7) is 9.29. The Hall–Kier alpha value is -4.69. The molecular weight excluding hydrogens is 528 g/mol. The molecule has 1 fully saturated rings. The Balaban J connectivity index is 1.15. The maximum Gasteiger partial charge on any atom is 0.410 e. The molecule has 2 amide bonds. The summed E-state index contributed by atoms with van der Waals surface area (Å²) in [6, 6.07) is 27.2. The second kappa shape index (κ2) is 11.3. The fraction of sp³-hybridized carbons (Fsp3) is 0.265. The Morgan fingerprint density at radius 2 is 1.64 bits per heavy atom. The van der Waals surface area contributed by atoms with Gasteiger partial charge >= 0.3 is 6.09 Å². The van der Waals surface area contributed by atoms with Crippen LogP contribution < -0.4 is 5.32 Å². The molecule has 42 heavy (non-hydrogen) atoms. The van der Waals surface area contributed by atoms with E-state index in [0.717, 1.165) is 47.1 Å². The maximum atomic E-state index is 13.1. The van der Waals surface area contributed by atoms with E-state index in [1.165, 1.54) is 5.56 Å². The lowest BCUT2D eigenvalue weighted by Crippen LogP contribution is -2.49. The fourth-order valence-corrected chi connectivity index (χ4v) is 5.18.